The average molecular weight is 311 g/mol. The molecule has 0 unspecified atom stereocenters. The molecule has 1 aliphatic heterocycles. The van der Waals surface area contributed by atoms with Crippen LogP contribution in [0, 0.1) is 5.82 Å². The smallest absolute Gasteiger partial charge is 0.279 e. The maximum atomic E-state index is 13.2. The second-order valence-electron chi connectivity index (χ2n) is 4.93. The van der Waals surface area contributed by atoms with Gasteiger partial charge < -0.3 is 9.67 Å². The van der Waals surface area contributed by atoms with Crippen LogP contribution in [0.15, 0.2) is 29.4 Å². The number of aryl methyl sites for hydroxylation is 1. The van der Waals surface area contributed by atoms with Crippen LogP contribution < -0.4 is 4.72 Å². The number of hydrogen-bond acceptors (Lipinski definition) is 4. The van der Waals surface area contributed by atoms with Crippen LogP contribution in [-0.2, 0) is 23.0 Å². The Bertz CT molecular complexity index is 766. The lowest BCUT2D eigenvalue weighted by Gasteiger charge is -2.16. The molecule has 2 heterocycles. The molecular weight excluding hydrogens is 297 g/mol. The number of imidazole rings is 1. The van der Waals surface area contributed by atoms with Crippen molar-refractivity contribution in [2.45, 2.75) is 30.8 Å². The fraction of sp³-hybridized carbons (Fsp3) is 0.308. The van der Waals surface area contributed by atoms with Crippen molar-refractivity contribution in [3.63, 3.8) is 0 Å². The number of benzene rings is 1. The molecule has 1 aromatic heterocycles. The topological polar surface area (TPSA) is 84.2 Å². The minimum atomic E-state index is -3.87. The molecule has 112 valence electrons. The van der Waals surface area contributed by atoms with Gasteiger partial charge in [-0.2, -0.15) is 8.42 Å². The van der Waals surface area contributed by atoms with Gasteiger partial charge >= 0.3 is 0 Å². The predicted octanol–water partition coefficient (Wildman–Crippen LogP) is 1.86. The van der Waals surface area contributed by atoms with Crippen LogP contribution in [0.4, 0.5) is 10.1 Å². The van der Waals surface area contributed by atoms with E-state index in [1.54, 1.807) is 4.57 Å². The van der Waals surface area contributed by atoms with Gasteiger partial charge in [0.15, 0.2) is 5.03 Å². The highest BCUT2D eigenvalue weighted by Gasteiger charge is 2.24. The number of phenols is 1. The van der Waals surface area contributed by atoms with E-state index in [9.17, 15) is 17.9 Å². The SMILES string of the molecule is O=S(=O)(Nc1cc(O)cc(F)c1)c1cnc2n1CCCC2. The van der Waals surface area contributed by atoms with Crippen molar-refractivity contribution < 1.29 is 17.9 Å². The molecule has 1 aliphatic rings. The zero-order valence-electron chi connectivity index (χ0n) is 11.1. The molecule has 0 saturated heterocycles. The lowest BCUT2D eigenvalue weighted by Crippen LogP contribution is -2.20. The van der Waals surface area contributed by atoms with Crippen molar-refractivity contribution in [1.82, 2.24) is 9.55 Å². The maximum absolute atomic E-state index is 13.2. The van der Waals surface area contributed by atoms with Gasteiger partial charge in [0.25, 0.3) is 10.0 Å². The molecule has 8 heteroatoms. The van der Waals surface area contributed by atoms with Crippen molar-refractivity contribution in [2.75, 3.05) is 4.72 Å². The minimum Gasteiger partial charge on any atom is -0.508 e. The number of aromatic hydroxyl groups is 1. The molecule has 1 aromatic carbocycles. The number of halogens is 1. The Balaban J connectivity index is 1.95. The summed E-state index contributed by atoms with van der Waals surface area (Å²) in [5.74, 6) is -0.324. The largest absolute Gasteiger partial charge is 0.508 e. The third kappa shape index (κ3) is 2.71. The van der Waals surface area contributed by atoms with Crippen molar-refractivity contribution in [1.29, 1.82) is 0 Å². The Kier molecular flexibility index (Phi) is 3.32. The highest BCUT2D eigenvalue weighted by Crippen LogP contribution is 2.24. The summed E-state index contributed by atoms with van der Waals surface area (Å²) in [6, 6.07) is 3.05. The summed E-state index contributed by atoms with van der Waals surface area (Å²) in [7, 11) is -3.87. The zero-order valence-corrected chi connectivity index (χ0v) is 11.9. The fourth-order valence-corrected chi connectivity index (χ4v) is 3.65. The molecule has 0 spiro atoms. The van der Waals surface area contributed by atoms with Crippen LogP contribution in [0.2, 0.25) is 0 Å². The van der Waals surface area contributed by atoms with Gasteiger partial charge in [-0.05, 0) is 18.9 Å². The molecule has 2 aromatic rings. The number of hydrogen-bond donors (Lipinski definition) is 2. The maximum Gasteiger partial charge on any atom is 0.279 e. The van der Waals surface area contributed by atoms with E-state index in [2.05, 4.69) is 9.71 Å². The molecule has 0 radical (unpaired) electrons. The first-order valence-corrected chi connectivity index (χ1v) is 8.01. The van der Waals surface area contributed by atoms with Gasteiger partial charge in [-0.3, -0.25) is 4.72 Å². The van der Waals surface area contributed by atoms with Crippen molar-refractivity contribution in [2.24, 2.45) is 0 Å². The number of rotatable bonds is 3. The number of sulfonamides is 1. The summed E-state index contributed by atoms with van der Waals surface area (Å²) in [4.78, 5) is 4.12. The summed E-state index contributed by atoms with van der Waals surface area (Å²) >= 11 is 0. The van der Waals surface area contributed by atoms with Crippen LogP contribution in [0.3, 0.4) is 0 Å². The lowest BCUT2D eigenvalue weighted by atomic mass is 10.2. The fourth-order valence-electron chi connectivity index (χ4n) is 2.44. The number of phenolic OH excluding ortho intramolecular Hbond substituents is 1. The first-order chi connectivity index (χ1) is 9.95. The van der Waals surface area contributed by atoms with Crippen LogP contribution >= 0.6 is 0 Å². The van der Waals surface area contributed by atoms with E-state index in [-0.39, 0.29) is 16.5 Å². The Labute approximate surface area is 121 Å². The van der Waals surface area contributed by atoms with Crippen LogP contribution in [0.5, 0.6) is 5.75 Å². The van der Waals surface area contributed by atoms with Gasteiger partial charge in [-0.1, -0.05) is 0 Å². The Morgan fingerprint density at radius 2 is 2.10 bits per heavy atom. The summed E-state index contributed by atoms with van der Waals surface area (Å²) in [6.07, 6.45) is 3.94. The van der Waals surface area contributed by atoms with E-state index in [1.165, 1.54) is 6.20 Å². The van der Waals surface area contributed by atoms with E-state index < -0.39 is 15.8 Å². The van der Waals surface area contributed by atoms with E-state index in [4.69, 9.17) is 0 Å². The molecule has 3 rings (SSSR count). The quantitative estimate of drug-likeness (QED) is 0.906. The number of fused-ring (bicyclic) bond motifs is 1. The number of anilines is 1. The van der Waals surface area contributed by atoms with Crippen LogP contribution in [0.1, 0.15) is 18.7 Å². The van der Waals surface area contributed by atoms with Crippen molar-refractivity contribution in [3.05, 3.63) is 36.0 Å². The molecule has 0 atom stereocenters. The van der Waals surface area contributed by atoms with Gasteiger partial charge in [0.1, 0.15) is 17.4 Å². The van der Waals surface area contributed by atoms with Gasteiger partial charge in [0, 0.05) is 25.1 Å². The van der Waals surface area contributed by atoms with Crippen LogP contribution in [-0.4, -0.2) is 23.1 Å². The van der Waals surface area contributed by atoms with Gasteiger partial charge in [-0.15, -0.1) is 0 Å². The number of nitrogens with one attached hydrogen (secondary N) is 1. The molecule has 6 nitrogen and oxygen atoms in total. The molecular formula is C13H14FN3O3S. The summed E-state index contributed by atoms with van der Waals surface area (Å²) in [5.41, 5.74) is -0.0288. The minimum absolute atomic E-state index is 0.0288. The van der Waals surface area contributed by atoms with E-state index in [1.807, 2.05) is 0 Å². The predicted molar refractivity (Wildman–Crippen MR) is 74.0 cm³/mol. The standard InChI is InChI=1S/C13H14FN3O3S/c14-9-5-10(7-11(18)6-9)16-21(19,20)13-8-15-12-3-1-2-4-17(12)13/h5-8,16,18H,1-4H2. The van der Waals surface area contributed by atoms with E-state index in [0.29, 0.717) is 6.54 Å². The van der Waals surface area contributed by atoms with Crippen molar-refractivity contribution >= 4 is 15.7 Å². The van der Waals surface area contributed by atoms with Gasteiger partial charge in [-0.25, -0.2) is 9.37 Å². The van der Waals surface area contributed by atoms with Gasteiger partial charge in [0.05, 0.1) is 11.9 Å². The molecule has 0 aliphatic carbocycles. The second-order valence-corrected chi connectivity index (χ2v) is 6.55. The number of nitrogens with zero attached hydrogens (tertiary/aromatic N) is 2. The van der Waals surface area contributed by atoms with Crippen LogP contribution in [0.25, 0.3) is 0 Å². The third-order valence-corrected chi connectivity index (χ3v) is 4.72. The first-order valence-electron chi connectivity index (χ1n) is 6.52. The third-order valence-electron chi connectivity index (χ3n) is 3.34. The molecule has 0 bridgehead atoms. The summed E-state index contributed by atoms with van der Waals surface area (Å²) < 4.78 is 41.9. The second kappa shape index (κ2) is 5.03. The highest BCUT2D eigenvalue weighted by molar-refractivity contribution is 7.92. The molecule has 0 saturated carbocycles. The molecule has 0 fully saturated rings. The van der Waals surface area contributed by atoms with Gasteiger partial charge in [0.2, 0.25) is 0 Å². The summed E-state index contributed by atoms with van der Waals surface area (Å²) in [6.45, 7) is 0.597. The monoisotopic (exact) mass is 311 g/mol. The molecule has 2 N–H and O–H groups in total. The first kappa shape index (κ1) is 13.9. The summed E-state index contributed by atoms with van der Waals surface area (Å²) in [5, 5.41) is 9.38. The molecule has 0 amide bonds. The Hall–Kier alpha value is -2.09. The average Bonchev–Trinajstić information content (AvgIpc) is 2.81. The Morgan fingerprint density at radius 1 is 1.29 bits per heavy atom. The Morgan fingerprint density at radius 3 is 2.86 bits per heavy atom. The zero-order chi connectivity index (χ0) is 15.0. The highest BCUT2D eigenvalue weighted by atomic mass is 32.2. The number of aromatic nitrogens is 2. The van der Waals surface area contributed by atoms with E-state index in [0.717, 1.165) is 43.3 Å². The normalized spacial score (nSPS) is 14.7. The van der Waals surface area contributed by atoms with E-state index >= 15 is 0 Å². The lowest BCUT2D eigenvalue weighted by molar-refractivity contribution is 0.469. The van der Waals surface area contributed by atoms with Crippen molar-refractivity contribution in [3.8, 4) is 5.75 Å². The molecule has 21 heavy (non-hydrogen) atoms.